The summed E-state index contributed by atoms with van der Waals surface area (Å²) in [5.74, 6) is 0.667. The number of pyridine rings is 1. The van der Waals surface area contributed by atoms with E-state index >= 15 is 0 Å². The molecule has 0 fully saturated rings. The Kier molecular flexibility index (Phi) is 2.63. The van der Waals surface area contributed by atoms with Gasteiger partial charge in [-0.25, -0.2) is 4.98 Å². The van der Waals surface area contributed by atoms with Gasteiger partial charge in [-0.3, -0.25) is 5.41 Å². The predicted octanol–water partition coefficient (Wildman–Crippen LogP) is 0.764. The normalized spacial score (nSPS) is 9.42. The number of hydrogen-bond acceptors (Lipinski definition) is 3. The second-order valence-electron chi connectivity index (χ2n) is 2.23. The zero-order chi connectivity index (χ0) is 8.97. The van der Waals surface area contributed by atoms with Crippen LogP contribution < -0.4 is 10.5 Å². The van der Waals surface area contributed by atoms with Crippen LogP contribution in [0, 0.1) is 5.41 Å². The zero-order valence-corrected chi connectivity index (χ0v) is 6.87. The van der Waals surface area contributed by atoms with Crippen LogP contribution in [0.15, 0.2) is 18.3 Å². The first kappa shape index (κ1) is 8.52. The SMILES string of the molecule is CCOc1ccc(C(=N)N)nc1. The molecule has 0 aliphatic heterocycles. The fourth-order valence-electron chi connectivity index (χ4n) is 0.792. The Balaban J connectivity index is 2.78. The number of rotatable bonds is 3. The van der Waals surface area contributed by atoms with E-state index in [2.05, 4.69) is 4.98 Å². The molecule has 12 heavy (non-hydrogen) atoms. The number of amidine groups is 1. The van der Waals surface area contributed by atoms with Crippen molar-refractivity contribution in [2.75, 3.05) is 6.61 Å². The first-order valence-electron chi connectivity index (χ1n) is 3.67. The molecule has 1 aromatic rings. The average molecular weight is 165 g/mol. The molecule has 0 unspecified atom stereocenters. The lowest BCUT2D eigenvalue weighted by molar-refractivity contribution is 0.339. The van der Waals surface area contributed by atoms with E-state index in [0.29, 0.717) is 18.1 Å². The van der Waals surface area contributed by atoms with Gasteiger partial charge in [-0.15, -0.1) is 0 Å². The molecule has 4 heteroatoms. The molecule has 0 bridgehead atoms. The fourth-order valence-corrected chi connectivity index (χ4v) is 0.792. The van der Waals surface area contributed by atoms with Crippen molar-refractivity contribution in [1.82, 2.24) is 4.98 Å². The minimum absolute atomic E-state index is 0.0296. The molecule has 3 N–H and O–H groups in total. The highest BCUT2D eigenvalue weighted by Crippen LogP contribution is 2.07. The lowest BCUT2D eigenvalue weighted by Crippen LogP contribution is -2.12. The van der Waals surface area contributed by atoms with Crippen LogP contribution in [0.2, 0.25) is 0 Å². The third-order valence-corrected chi connectivity index (χ3v) is 1.32. The maximum atomic E-state index is 7.08. The molecular formula is C8H11N3O. The molecule has 0 aliphatic carbocycles. The Morgan fingerprint density at radius 2 is 2.42 bits per heavy atom. The van der Waals surface area contributed by atoms with Gasteiger partial charge in [0, 0.05) is 0 Å². The van der Waals surface area contributed by atoms with E-state index in [1.807, 2.05) is 6.92 Å². The molecule has 1 heterocycles. The third kappa shape index (κ3) is 1.95. The van der Waals surface area contributed by atoms with Gasteiger partial charge < -0.3 is 10.5 Å². The van der Waals surface area contributed by atoms with E-state index < -0.39 is 0 Å². The van der Waals surface area contributed by atoms with Gasteiger partial charge in [0.2, 0.25) is 0 Å². The summed E-state index contributed by atoms with van der Waals surface area (Å²) in [6, 6.07) is 3.40. The number of aromatic nitrogens is 1. The van der Waals surface area contributed by atoms with Crippen LogP contribution in [0.3, 0.4) is 0 Å². The average Bonchev–Trinajstić information content (AvgIpc) is 2.06. The van der Waals surface area contributed by atoms with Crippen molar-refractivity contribution >= 4 is 5.84 Å². The van der Waals surface area contributed by atoms with Crippen LogP contribution >= 0.6 is 0 Å². The maximum Gasteiger partial charge on any atom is 0.141 e. The number of ether oxygens (including phenoxy) is 1. The summed E-state index contributed by atoms with van der Waals surface area (Å²) in [6.07, 6.45) is 1.56. The molecule has 0 radical (unpaired) electrons. The van der Waals surface area contributed by atoms with Crippen LogP contribution in [0.4, 0.5) is 0 Å². The molecule has 0 spiro atoms. The molecule has 4 nitrogen and oxygen atoms in total. The molecule has 0 atom stereocenters. The van der Waals surface area contributed by atoms with Gasteiger partial charge in [-0.05, 0) is 19.1 Å². The van der Waals surface area contributed by atoms with Crippen LogP contribution in [-0.2, 0) is 0 Å². The van der Waals surface area contributed by atoms with Crippen LogP contribution in [0.25, 0.3) is 0 Å². The van der Waals surface area contributed by atoms with Gasteiger partial charge >= 0.3 is 0 Å². The lowest BCUT2D eigenvalue weighted by atomic mass is 10.3. The second kappa shape index (κ2) is 3.71. The Bertz CT molecular complexity index is 268. The zero-order valence-electron chi connectivity index (χ0n) is 6.87. The van der Waals surface area contributed by atoms with E-state index in [4.69, 9.17) is 15.9 Å². The van der Waals surface area contributed by atoms with Gasteiger partial charge in [-0.2, -0.15) is 0 Å². The van der Waals surface area contributed by atoms with E-state index in [-0.39, 0.29) is 5.84 Å². The van der Waals surface area contributed by atoms with Gasteiger partial charge in [0.25, 0.3) is 0 Å². The van der Waals surface area contributed by atoms with Crippen molar-refractivity contribution in [1.29, 1.82) is 5.41 Å². The monoisotopic (exact) mass is 165 g/mol. The van der Waals surface area contributed by atoms with Crippen LogP contribution in [0.5, 0.6) is 5.75 Å². The highest BCUT2D eigenvalue weighted by Gasteiger charge is 1.97. The van der Waals surface area contributed by atoms with Gasteiger partial charge in [-0.1, -0.05) is 0 Å². The molecular weight excluding hydrogens is 154 g/mol. The van der Waals surface area contributed by atoms with E-state index in [0.717, 1.165) is 0 Å². The number of nitrogens with one attached hydrogen (secondary N) is 1. The van der Waals surface area contributed by atoms with Crippen molar-refractivity contribution in [3.8, 4) is 5.75 Å². The lowest BCUT2D eigenvalue weighted by Gasteiger charge is -2.02. The molecule has 0 aromatic carbocycles. The summed E-state index contributed by atoms with van der Waals surface area (Å²) in [5.41, 5.74) is 5.69. The molecule has 0 aliphatic rings. The Morgan fingerprint density at radius 1 is 1.67 bits per heavy atom. The summed E-state index contributed by atoms with van der Waals surface area (Å²) in [4.78, 5) is 3.92. The molecule has 1 rings (SSSR count). The Labute approximate surface area is 70.9 Å². The second-order valence-corrected chi connectivity index (χ2v) is 2.23. The number of nitrogens with zero attached hydrogens (tertiary/aromatic N) is 1. The van der Waals surface area contributed by atoms with Crippen LogP contribution in [-0.4, -0.2) is 17.4 Å². The topological polar surface area (TPSA) is 72.0 Å². The molecule has 0 saturated carbocycles. The predicted molar refractivity (Wildman–Crippen MR) is 46.4 cm³/mol. The first-order valence-corrected chi connectivity index (χ1v) is 3.67. The first-order chi connectivity index (χ1) is 5.74. The van der Waals surface area contributed by atoms with E-state index in [9.17, 15) is 0 Å². The maximum absolute atomic E-state index is 7.08. The third-order valence-electron chi connectivity index (χ3n) is 1.32. The Hall–Kier alpha value is -1.58. The van der Waals surface area contributed by atoms with Crippen molar-refractivity contribution in [3.63, 3.8) is 0 Å². The van der Waals surface area contributed by atoms with E-state index in [1.54, 1.807) is 18.3 Å². The van der Waals surface area contributed by atoms with Crippen molar-refractivity contribution in [2.24, 2.45) is 5.73 Å². The van der Waals surface area contributed by atoms with Gasteiger partial charge in [0.1, 0.15) is 17.3 Å². The summed E-state index contributed by atoms with van der Waals surface area (Å²) < 4.78 is 5.17. The molecule has 1 aromatic heterocycles. The largest absolute Gasteiger partial charge is 0.492 e. The van der Waals surface area contributed by atoms with Gasteiger partial charge in [0.15, 0.2) is 0 Å². The standard InChI is InChI=1S/C8H11N3O/c1-2-12-6-3-4-7(8(9)10)11-5-6/h3-5H,2H2,1H3,(H3,9,10). The molecule has 64 valence electrons. The fraction of sp³-hybridized carbons (Fsp3) is 0.250. The molecule has 0 amide bonds. The number of nitrogens with two attached hydrogens (primary N) is 1. The van der Waals surface area contributed by atoms with E-state index in [1.165, 1.54) is 0 Å². The number of nitrogen functional groups attached to an aromatic ring is 1. The minimum atomic E-state index is -0.0296. The minimum Gasteiger partial charge on any atom is -0.492 e. The van der Waals surface area contributed by atoms with Crippen molar-refractivity contribution < 1.29 is 4.74 Å². The Morgan fingerprint density at radius 3 is 2.83 bits per heavy atom. The summed E-state index contributed by atoms with van der Waals surface area (Å²) in [5, 5.41) is 7.08. The summed E-state index contributed by atoms with van der Waals surface area (Å²) >= 11 is 0. The highest BCUT2D eigenvalue weighted by molar-refractivity contribution is 5.92. The smallest absolute Gasteiger partial charge is 0.141 e. The summed E-state index contributed by atoms with van der Waals surface area (Å²) in [6.45, 7) is 2.51. The van der Waals surface area contributed by atoms with Gasteiger partial charge in [0.05, 0.1) is 12.8 Å². The van der Waals surface area contributed by atoms with Crippen LogP contribution in [0.1, 0.15) is 12.6 Å². The molecule has 0 saturated heterocycles. The quantitative estimate of drug-likeness (QED) is 0.513. The number of hydrogen-bond donors (Lipinski definition) is 2. The summed E-state index contributed by atoms with van der Waals surface area (Å²) in [7, 11) is 0. The van der Waals surface area contributed by atoms with Crippen molar-refractivity contribution in [2.45, 2.75) is 6.92 Å². The highest BCUT2D eigenvalue weighted by atomic mass is 16.5. The van der Waals surface area contributed by atoms with Crippen molar-refractivity contribution in [3.05, 3.63) is 24.0 Å².